The fourth-order valence-corrected chi connectivity index (χ4v) is 2.18. The molecule has 1 aliphatic rings. The maximum Gasteiger partial charge on any atom is 0.350 e. The molecular formula is C17H18ClNO6. The van der Waals surface area contributed by atoms with Gasteiger partial charge in [-0.15, -0.1) is 0 Å². The summed E-state index contributed by atoms with van der Waals surface area (Å²) >= 11 is 6.01. The zero-order chi connectivity index (χ0) is 18.8. The highest BCUT2D eigenvalue weighted by molar-refractivity contribution is 6.33. The third-order valence-electron chi connectivity index (χ3n) is 3.03. The van der Waals surface area contributed by atoms with Gasteiger partial charge in [-0.2, -0.15) is 0 Å². The molecule has 1 N–H and O–H groups in total. The summed E-state index contributed by atoms with van der Waals surface area (Å²) in [6.07, 6.45) is 0.859. The van der Waals surface area contributed by atoms with Crippen molar-refractivity contribution in [2.24, 2.45) is 0 Å². The normalized spacial score (nSPS) is 16.2. The maximum atomic E-state index is 12.0. The number of cyclic esters (lactones) is 2. The lowest BCUT2D eigenvalue weighted by Gasteiger charge is -2.29. The molecule has 2 rings (SSSR count). The molecule has 8 heteroatoms. The average Bonchev–Trinajstić information content (AvgIpc) is 2.45. The van der Waals surface area contributed by atoms with Crippen LogP contribution < -0.4 is 5.32 Å². The fourth-order valence-electron chi connectivity index (χ4n) is 1.98. The predicted molar refractivity (Wildman–Crippen MR) is 90.0 cm³/mol. The molecule has 0 aromatic heterocycles. The van der Waals surface area contributed by atoms with E-state index in [9.17, 15) is 14.4 Å². The minimum atomic E-state index is -1.31. The highest BCUT2D eigenvalue weighted by Gasteiger charge is 2.38. The second-order valence-corrected chi connectivity index (χ2v) is 6.44. The molecule has 1 aromatic rings. The van der Waals surface area contributed by atoms with Crippen LogP contribution in [0, 0.1) is 0 Å². The number of hydrogen-bond donors (Lipinski definition) is 1. The highest BCUT2D eigenvalue weighted by Crippen LogP contribution is 2.24. The van der Waals surface area contributed by atoms with Gasteiger partial charge in [0, 0.05) is 25.7 Å². The van der Waals surface area contributed by atoms with E-state index in [4.69, 9.17) is 25.8 Å². The number of nitrogens with one attached hydrogen (secondary N) is 1. The summed E-state index contributed by atoms with van der Waals surface area (Å²) in [6.45, 7) is 6.36. The quantitative estimate of drug-likeness (QED) is 0.496. The van der Waals surface area contributed by atoms with E-state index in [1.54, 1.807) is 19.9 Å². The molecule has 1 saturated heterocycles. The van der Waals surface area contributed by atoms with Gasteiger partial charge in [-0.05, 0) is 32.0 Å². The summed E-state index contributed by atoms with van der Waals surface area (Å²) in [5.74, 6) is -3.49. The van der Waals surface area contributed by atoms with Crippen LogP contribution in [-0.4, -0.2) is 29.8 Å². The van der Waals surface area contributed by atoms with Gasteiger partial charge in [0.1, 0.15) is 0 Å². The zero-order valence-electron chi connectivity index (χ0n) is 14.2. The van der Waals surface area contributed by atoms with Gasteiger partial charge < -0.3 is 19.5 Å². The van der Waals surface area contributed by atoms with E-state index in [2.05, 4.69) is 5.32 Å². The van der Waals surface area contributed by atoms with Crippen LogP contribution >= 0.6 is 11.6 Å². The summed E-state index contributed by atoms with van der Waals surface area (Å²) in [7, 11) is 0. The number of rotatable bonds is 4. The monoisotopic (exact) mass is 367 g/mol. The van der Waals surface area contributed by atoms with Crippen molar-refractivity contribution in [1.82, 2.24) is 0 Å². The topological polar surface area (TPSA) is 90.9 Å². The van der Waals surface area contributed by atoms with Gasteiger partial charge in [-0.1, -0.05) is 11.6 Å². The van der Waals surface area contributed by atoms with Gasteiger partial charge in [-0.25, -0.2) is 14.4 Å². The number of carbonyl (C=O) groups is 3. The Hall–Kier alpha value is -2.54. The van der Waals surface area contributed by atoms with Crippen molar-refractivity contribution in [2.45, 2.75) is 39.6 Å². The van der Waals surface area contributed by atoms with Crippen molar-refractivity contribution in [1.29, 1.82) is 0 Å². The van der Waals surface area contributed by atoms with Gasteiger partial charge in [0.2, 0.25) is 0 Å². The second-order valence-electron chi connectivity index (χ2n) is 6.03. The smallest absolute Gasteiger partial charge is 0.350 e. The minimum Gasteiger partial charge on any atom is -0.459 e. The van der Waals surface area contributed by atoms with Crippen molar-refractivity contribution in [2.75, 3.05) is 5.32 Å². The van der Waals surface area contributed by atoms with Crippen molar-refractivity contribution in [3.63, 3.8) is 0 Å². The molecule has 0 atom stereocenters. The van der Waals surface area contributed by atoms with Crippen molar-refractivity contribution >= 4 is 35.2 Å². The molecule has 0 bridgehead atoms. The minimum absolute atomic E-state index is 0.161. The standard InChI is InChI=1S/C17H18ClNO6/c1-9(2)23-14(20)11-7-10(5-6-13(11)18)19-8-12-15(21)24-17(3,4)25-16(12)22/h5-9,19H,1-4H3. The third-order valence-corrected chi connectivity index (χ3v) is 3.36. The Balaban J connectivity index is 2.20. The molecular weight excluding hydrogens is 350 g/mol. The molecule has 25 heavy (non-hydrogen) atoms. The van der Waals surface area contributed by atoms with E-state index in [0.717, 1.165) is 6.20 Å². The summed E-state index contributed by atoms with van der Waals surface area (Å²) in [6, 6.07) is 4.53. The molecule has 1 fully saturated rings. The Morgan fingerprint density at radius 3 is 2.40 bits per heavy atom. The van der Waals surface area contributed by atoms with Crippen molar-refractivity contribution in [3.05, 3.63) is 40.6 Å². The third kappa shape index (κ3) is 4.73. The molecule has 134 valence electrons. The van der Waals surface area contributed by atoms with Crippen LogP contribution in [0.5, 0.6) is 0 Å². The SMILES string of the molecule is CC(C)OC(=O)c1cc(NC=C2C(=O)OC(C)(C)OC2=O)ccc1Cl. The van der Waals surface area contributed by atoms with E-state index in [0.29, 0.717) is 5.69 Å². The van der Waals surface area contributed by atoms with Gasteiger partial charge in [0.05, 0.1) is 16.7 Å². The maximum absolute atomic E-state index is 12.0. The van der Waals surface area contributed by atoms with E-state index in [1.165, 1.54) is 26.0 Å². The van der Waals surface area contributed by atoms with E-state index < -0.39 is 23.7 Å². The molecule has 1 aliphatic heterocycles. The van der Waals surface area contributed by atoms with E-state index in [-0.39, 0.29) is 22.3 Å². The van der Waals surface area contributed by atoms with Crippen LogP contribution in [0.1, 0.15) is 38.1 Å². The van der Waals surface area contributed by atoms with Gasteiger partial charge in [0.15, 0.2) is 5.57 Å². The first-order valence-electron chi connectivity index (χ1n) is 7.53. The van der Waals surface area contributed by atoms with Gasteiger partial charge in [0.25, 0.3) is 5.79 Å². The first-order valence-corrected chi connectivity index (χ1v) is 7.91. The lowest BCUT2D eigenvalue weighted by Crippen LogP contribution is -2.42. The zero-order valence-corrected chi connectivity index (χ0v) is 15.0. The molecule has 0 spiro atoms. The number of esters is 3. The number of anilines is 1. The molecule has 1 aromatic carbocycles. The molecule has 0 unspecified atom stereocenters. The molecule has 0 aliphatic carbocycles. The fraction of sp³-hybridized carbons (Fsp3) is 0.353. The summed E-state index contributed by atoms with van der Waals surface area (Å²) in [5.41, 5.74) is 0.298. The second kappa shape index (κ2) is 7.14. The number of hydrogen-bond acceptors (Lipinski definition) is 7. The summed E-state index contributed by atoms with van der Waals surface area (Å²) in [4.78, 5) is 35.7. The number of benzene rings is 1. The van der Waals surface area contributed by atoms with Gasteiger partial charge >= 0.3 is 17.9 Å². The Labute approximate surface area is 149 Å². The molecule has 0 amide bonds. The van der Waals surface area contributed by atoms with E-state index >= 15 is 0 Å². The van der Waals surface area contributed by atoms with Crippen LogP contribution in [0.25, 0.3) is 0 Å². The largest absolute Gasteiger partial charge is 0.459 e. The summed E-state index contributed by atoms with van der Waals surface area (Å²) in [5, 5.41) is 2.97. The lowest BCUT2D eigenvalue weighted by atomic mass is 10.2. The number of ether oxygens (including phenoxy) is 3. The predicted octanol–water partition coefficient (Wildman–Crippen LogP) is 3.04. The van der Waals surface area contributed by atoms with Crippen LogP contribution in [0.3, 0.4) is 0 Å². The first kappa shape index (κ1) is 18.8. The summed E-state index contributed by atoms with van der Waals surface area (Å²) < 4.78 is 15.1. The Kier molecular flexibility index (Phi) is 5.37. The number of carbonyl (C=O) groups excluding carboxylic acids is 3. The lowest BCUT2D eigenvalue weighted by molar-refractivity contribution is -0.222. The van der Waals surface area contributed by atoms with Gasteiger partial charge in [-0.3, -0.25) is 0 Å². The van der Waals surface area contributed by atoms with Crippen molar-refractivity contribution < 1.29 is 28.6 Å². The van der Waals surface area contributed by atoms with Crippen LogP contribution in [0.2, 0.25) is 5.02 Å². The molecule has 7 nitrogen and oxygen atoms in total. The Bertz CT molecular complexity index is 732. The number of halogens is 1. The highest BCUT2D eigenvalue weighted by atomic mass is 35.5. The van der Waals surface area contributed by atoms with Crippen molar-refractivity contribution in [3.8, 4) is 0 Å². The molecule has 0 radical (unpaired) electrons. The first-order chi connectivity index (χ1) is 11.6. The van der Waals surface area contributed by atoms with Crippen LogP contribution in [0.4, 0.5) is 5.69 Å². The van der Waals surface area contributed by atoms with Crippen LogP contribution in [-0.2, 0) is 23.8 Å². The Morgan fingerprint density at radius 1 is 1.24 bits per heavy atom. The Morgan fingerprint density at radius 2 is 1.84 bits per heavy atom. The molecule has 1 heterocycles. The van der Waals surface area contributed by atoms with Crippen LogP contribution in [0.15, 0.2) is 30.0 Å². The average molecular weight is 368 g/mol. The molecule has 0 saturated carbocycles. The van der Waals surface area contributed by atoms with E-state index in [1.807, 2.05) is 0 Å².